The average Bonchev–Trinajstić information content (AvgIpc) is 2.93. The van der Waals surface area contributed by atoms with Crippen molar-refractivity contribution in [2.24, 2.45) is 0 Å². The van der Waals surface area contributed by atoms with E-state index >= 15 is 0 Å². The van der Waals surface area contributed by atoms with Gasteiger partial charge in [0.05, 0.1) is 5.56 Å². The molecule has 0 aromatic heterocycles. The Morgan fingerprint density at radius 3 is 2.41 bits per heavy atom. The van der Waals surface area contributed by atoms with Crippen LogP contribution in [0.25, 0.3) is 0 Å². The minimum atomic E-state index is -1.19. The van der Waals surface area contributed by atoms with Gasteiger partial charge < -0.3 is 19.9 Å². The number of nitrogens with one attached hydrogen (secondary N) is 1. The Morgan fingerprint density at radius 2 is 1.66 bits per heavy atom. The molecule has 0 bridgehead atoms. The lowest BCUT2D eigenvalue weighted by Gasteiger charge is -2.36. The van der Waals surface area contributed by atoms with Crippen LogP contribution in [0.15, 0.2) is 54.6 Å². The van der Waals surface area contributed by atoms with Gasteiger partial charge in [0.1, 0.15) is 17.2 Å². The summed E-state index contributed by atoms with van der Waals surface area (Å²) in [5, 5.41) is 12.7. The molecule has 0 fully saturated rings. The van der Waals surface area contributed by atoms with E-state index in [1.807, 2.05) is 25.1 Å². The predicted molar refractivity (Wildman–Crippen MR) is 105 cm³/mol. The normalized spacial score (nSPS) is 18.3. The van der Waals surface area contributed by atoms with E-state index in [1.165, 1.54) is 13.0 Å². The number of phenols is 1. The van der Waals surface area contributed by atoms with Gasteiger partial charge in [-0.3, -0.25) is 4.79 Å². The summed E-state index contributed by atoms with van der Waals surface area (Å²) in [5.74, 6) is 0.336. The third-order valence-corrected chi connectivity index (χ3v) is 5.27. The maximum atomic E-state index is 12.9. The number of aryl methyl sites for hydroxylation is 1. The molecule has 0 saturated carbocycles. The largest absolute Gasteiger partial charge is 0.508 e. The van der Waals surface area contributed by atoms with Crippen LogP contribution in [0.1, 0.15) is 39.5 Å². The van der Waals surface area contributed by atoms with Crippen LogP contribution < -0.4 is 10.1 Å². The van der Waals surface area contributed by atoms with Crippen LogP contribution in [0.2, 0.25) is 0 Å². The van der Waals surface area contributed by atoms with E-state index in [0.29, 0.717) is 39.4 Å². The smallest absolute Gasteiger partial charge is 0.340 e. The van der Waals surface area contributed by atoms with E-state index in [1.54, 1.807) is 30.3 Å². The average molecular weight is 387 g/mol. The molecule has 0 saturated heterocycles. The summed E-state index contributed by atoms with van der Waals surface area (Å²) in [5.41, 5.74) is 2.71. The molecule has 144 valence electrons. The summed E-state index contributed by atoms with van der Waals surface area (Å²) in [6.45, 7) is 3.36. The van der Waals surface area contributed by atoms with Gasteiger partial charge in [0.25, 0.3) is 0 Å². The van der Waals surface area contributed by atoms with Crippen LogP contribution >= 0.6 is 0 Å². The Labute approximate surface area is 166 Å². The monoisotopic (exact) mass is 387 g/mol. The van der Waals surface area contributed by atoms with E-state index in [9.17, 15) is 14.7 Å². The van der Waals surface area contributed by atoms with Gasteiger partial charge in [-0.25, -0.2) is 4.79 Å². The van der Waals surface area contributed by atoms with Gasteiger partial charge in [-0.05, 0) is 42.8 Å². The number of hydrogen-bond donors (Lipinski definition) is 2. The number of carbonyl (C=O) groups excluding carboxylic acids is 2. The fraction of sp³-hybridized carbons (Fsp3) is 0.130. The van der Waals surface area contributed by atoms with Crippen molar-refractivity contribution in [3.8, 4) is 17.2 Å². The summed E-state index contributed by atoms with van der Waals surface area (Å²) in [6.07, 6.45) is 0. The van der Waals surface area contributed by atoms with E-state index < -0.39 is 11.6 Å². The minimum absolute atomic E-state index is 0.0561. The summed E-state index contributed by atoms with van der Waals surface area (Å²) in [4.78, 5) is 24.3. The van der Waals surface area contributed by atoms with E-state index in [2.05, 4.69) is 5.32 Å². The molecule has 1 amide bonds. The molecule has 1 atom stereocenters. The number of fused-ring (bicyclic) bond motifs is 6. The predicted octanol–water partition coefficient (Wildman–Crippen LogP) is 4.23. The highest BCUT2D eigenvalue weighted by atomic mass is 16.6. The minimum Gasteiger partial charge on any atom is -0.508 e. The lowest BCUT2D eigenvalue weighted by Crippen LogP contribution is -2.33. The second kappa shape index (κ2) is 5.85. The van der Waals surface area contributed by atoms with Crippen LogP contribution in [-0.4, -0.2) is 17.0 Å². The molecule has 5 rings (SSSR count). The number of esters is 1. The van der Waals surface area contributed by atoms with Crippen molar-refractivity contribution in [3.63, 3.8) is 0 Å². The number of phenolic OH excluding ortho intramolecular Hbond substituents is 1. The molecule has 2 aliphatic rings. The van der Waals surface area contributed by atoms with E-state index in [0.717, 1.165) is 5.56 Å². The first-order chi connectivity index (χ1) is 13.9. The number of ether oxygens (including phenoxy) is 2. The lowest BCUT2D eigenvalue weighted by atomic mass is 9.77. The molecule has 2 N–H and O–H groups in total. The van der Waals surface area contributed by atoms with Crippen molar-refractivity contribution < 1.29 is 24.2 Å². The first kappa shape index (κ1) is 17.3. The van der Waals surface area contributed by atoms with Crippen LogP contribution in [-0.2, 0) is 15.1 Å². The van der Waals surface area contributed by atoms with Crippen molar-refractivity contribution in [1.82, 2.24) is 0 Å². The Hall–Kier alpha value is -3.80. The van der Waals surface area contributed by atoms with E-state index in [4.69, 9.17) is 9.47 Å². The van der Waals surface area contributed by atoms with Gasteiger partial charge in [-0.15, -0.1) is 0 Å². The second-order valence-corrected chi connectivity index (χ2v) is 7.29. The van der Waals surface area contributed by atoms with Gasteiger partial charge in [-0.1, -0.05) is 18.2 Å². The van der Waals surface area contributed by atoms with Gasteiger partial charge in [0.15, 0.2) is 5.60 Å². The molecule has 3 aromatic rings. The van der Waals surface area contributed by atoms with Crippen molar-refractivity contribution in [2.75, 3.05) is 5.32 Å². The number of aromatic hydroxyl groups is 1. The second-order valence-electron chi connectivity index (χ2n) is 7.29. The number of benzene rings is 3. The zero-order valence-electron chi connectivity index (χ0n) is 15.8. The highest BCUT2D eigenvalue weighted by Gasteiger charge is 2.53. The van der Waals surface area contributed by atoms with Gasteiger partial charge in [-0.2, -0.15) is 0 Å². The zero-order valence-corrected chi connectivity index (χ0v) is 15.8. The molecule has 6 nitrogen and oxygen atoms in total. The van der Waals surface area contributed by atoms with Gasteiger partial charge in [0.2, 0.25) is 5.91 Å². The SMILES string of the molecule is CC(=O)Nc1ccc2c(c1)C(=O)OC21c2ccc(C)cc2Oc2cc(O)ccc21. The molecular formula is C23H17NO5. The molecule has 6 heteroatoms. The van der Waals surface area contributed by atoms with Crippen molar-refractivity contribution in [1.29, 1.82) is 0 Å². The molecule has 2 aliphatic heterocycles. The van der Waals surface area contributed by atoms with Crippen molar-refractivity contribution >= 4 is 17.6 Å². The van der Waals surface area contributed by atoms with Crippen LogP contribution in [0.3, 0.4) is 0 Å². The molecule has 2 heterocycles. The molecular weight excluding hydrogens is 370 g/mol. The number of carbonyl (C=O) groups is 2. The summed E-state index contributed by atoms with van der Waals surface area (Å²) >= 11 is 0. The Kier molecular flexibility index (Phi) is 3.49. The number of amides is 1. The van der Waals surface area contributed by atoms with Crippen LogP contribution in [0, 0.1) is 6.92 Å². The number of rotatable bonds is 1. The fourth-order valence-electron chi connectivity index (χ4n) is 4.10. The number of hydrogen-bond acceptors (Lipinski definition) is 5. The number of anilines is 1. The molecule has 1 spiro atoms. The summed E-state index contributed by atoms with van der Waals surface area (Å²) < 4.78 is 12.1. The summed E-state index contributed by atoms with van der Waals surface area (Å²) in [7, 11) is 0. The Bertz CT molecular complexity index is 1160. The highest BCUT2D eigenvalue weighted by Crippen LogP contribution is 2.56. The maximum Gasteiger partial charge on any atom is 0.340 e. The third kappa shape index (κ3) is 2.42. The lowest BCUT2D eigenvalue weighted by molar-refractivity contribution is -0.114. The quantitative estimate of drug-likeness (QED) is 0.611. The maximum absolute atomic E-state index is 12.9. The molecule has 3 aromatic carbocycles. The Morgan fingerprint density at radius 1 is 0.966 bits per heavy atom. The third-order valence-electron chi connectivity index (χ3n) is 5.27. The standard InChI is InChI=1S/C23H17NO5/c1-12-3-6-18-20(9-12)28-21-11-15(26)5-8-19(21)23(18)17-7-4-14(24-13(2)25)10-16(17)22(27)29-23/h3-11,26H,1-2H3,(H,24,25). The van der Waals surface area contributed by atoms with Crippen LogP contribution in [0.5, 0.6) is 17.2 Å². The molecule has 1 unspecified atom stereocenters. The molecule has 0 radical (unpaired) electrons. The van der Waals surface area contributed by atoms with Crippen LogP contribution in [0.4, 0.5) is 5.69 Å². The van der Waals surface area contributed by atoms with E-state index in [-0.39, 0.29) is 11.7 Å². The summed E-state index contributed by atoms with van der Waals surface area (Å²) in [6, 6.07) is 15.6. The Balaban J connectivity index is 1.81. The van der Waals surface area contributed by atoms with Gasteiger partial charge >= 0.3 is 5.97 Å². The fourth-order valence-corrected chi connectivity index (χ4v) is 4.10. The molecule has 0 aliphatic carbocycles. The zero-order chi connectivity index (χ0) is 20.3. The highest BCUT2D eigenvalue weighted by molar-refractivity contribution is 5.99. The topological polar surface area (TPSA) is 84.9 Å². The van der Waals surface area contributed by atoms with Gasteiger partial charge in [0, 0.05) is 35.4 Å². The molecule has 29 heavy (non-hydrogen) atoms. The van der Waals surface area contributed by atoms with Crippen molar-refractivity contribution in [2.45, 2.75) is 19.4 Å². The first-order valence-corrected chi connectivity index (χ1v) is 9.16. The van der Waals surface area contributed by atoms with Crippen molar-refractivity contribution in [3.05, 3.63) is 82.4 Å². The first-order valence-electron chi connectivity index (χ1n) is 9.16.